The molecule has 2 aliphatic rings. The Morgan fingerprint density at radius 3 is 2.78 bits per heavy atom. The number of hydrogen-bond donors (Lipinski definition) is 0. The van der Waals surface area contributed by atoms with Crippen LogP contribution in [0.2, 0.25) is 0 Å². The van der Waals surface area contributed by atoms with Crippen molar-refractivity contribution in [1.29, 1.82) is 0 Å². The van der Waals surface area contributed by atoms with Gasteiger partial charge in [-0.15, -0.1) is 0 Å². The van der Waals surface area contributed by atoms with E-state index in [0.717, 1.165) is 75.9 Å². The van der Waals surface area contributed by atoms with Gasteiger partial charge in [-0.05, 0) is 38.7 Å². The summed E-state index contributed by atoms with van der Waals surface area (Å²) in [7, 11) is 0. The SMILES string of the molecule is CCN(CC)C(=O)C1CCc2nc(N3CCOCC3)ncc2C1. The van der Waals surface area contributed by atoms with Crippen LogP contribution in [0, 0.1) is 5.92 Å². The van der Waals surface area contributed by atoms with Gasteiger partial charge in [-0.2, -0.15) is 0 Å². The molecule has 1 aromatic rings. The Hall–Kier alpha value is -1.69. The summed E-state index contributed by atoms with van der Waals surface area (Å²) in [5.74, 6) is 1.17. The Labute approximate surface area is 137 Å². The minimum atomic E-state index is 0.0836. The molecule has 2 heterocycles. The molecule has 1 fully saturated rings. The Balaban J connectivity index is 1.71. The maximum absolute atomic E-state index is 12.5. The summed E-state index contributed by atoms with van der Waals surface area (Å²) in [5, 5.41) is 0. The van der Waals surface area contributed by atoms with E-state index < -0.39 is 0 Å². The van der Waals surface area contributed by atoms with Crippen LogP contribution in [0.1, 0.15) is 31.5 Å². The van der Waals surface area contributed by atoms with E-state index >= 15 is 0 Å². The highest BCUT2D eigenvalue weighted by Gasteiger charge is 2.29. The number of aromatic nitrogens is 2. The van der Waals surface area contributed by atoms with Crippen LogP contribution in [0.15, 0.2) is 6.20 Å². The first kappa shape index (κ1) is 16.2. The molecule has 0 saturated carbocycles. The first-order valence-corrected chi connectivity index (χ1v) is 8.69. The van der Waals surface area contributed by atoms with Gasteiger partial charge in [-0.25, -0.2) is 9.97 Å². The Morgan fingerprint density at radius 1 is 1.35 bits per heavy atom. The number of amides is 1. The van der Waals surface area contributed by atoms with Crippen LogP contribution in [0.25, 0.3) is 0 Å². The fourth-order valence-electron chi connectivity index (χ4n) is 3.42. The fourth-order valence-corrected chi connectivity index (χ4v) is 3.42. The van der Waals surface area contributed by atoms with Gasteiger partial charge in [0.15, 0.2) is 0 Å². The van der Waals surface area contributed by atoms with Gasteiger partial charge in [0, 0.05) is 44.0 Å². The number of morpholine rings is 1. The molecular formula is C17H26N4O2. The Bertz CT molecular complexity index is 554. The summed E-state index contributed by atoms with van der Waals surface area (Å²) in [4.78, 5) is 25.9. The number of aryl methyl sites for hydroxylation is 1. The standard InChI is InChI=1S/C17H26N4O2/c1-3-20(4-2)16(22)13-5-6-15-14(11-13)12-18-17(19-15)21-7-9-23-10-8-21/h12-13H,3-11H2,1-2H3. The quantitative estimate of drug-likeness (QED) is 0.837. The molecule has 126 valence electrons. The second-order valence-electron chi connectivity index (χ2n) is 6.19. The normalized spacial score (nSPS) is 21.0. The number of carbonyl (C=O) groups excluding carboxylic acids is 1. The van der Waals surface area contributed by atoms with Crippen molar-refractivity contribution in [3.63, 3.8) is 0 Å². The summed E-state index contributed by atoms with van der Waals surface area (Å²) < 4.78 is 5.38. The van der Waals surface area contributed by atoms with Gasteiger partial charge in [0.25, 0.3) is 0 Å². The number of ether oxygens (including phenoxy) is 1. The molecule has 0 aromatic carbocycles. The zero-order valence-electron chi connectivity index (χ0n) is 14.1. The van der Waals surface area contributed by atoms with Crippen molar-refractivity contribution in [3.8, 4) is 0 Å². The first-order valence-electron chi connectivity index (χ1n) is 8.69. The summed E-state index contributed by atoms with van der Waals surface area (Å²) >= 11 is 0. The van der Waals surface area contributed by atoms with Gasteiger partial charge >= 0.3 is 0 Å². The highest BCUT2D eigenvalue weighted by atomic mass is 16.5. The molecule has 23 heavy (non-hydrogen) atoms. The average molecular weight is 318 g/mol. The van der Waals surface area contributed by atoms with Crippen molar-refractivity contribution < 1.29 is 9.53 Å². The maximum Gasteiger partial charge on any atom is 0.226 e. The minimum absolute atomic E-state index is 0.0836. The van der Waals surface area contributed by atoms with Crippen LogP contribution in [0.3, 0.4) is 0 Å². The van der Waals surface area contributed by atoms with Crippen LogP contribution >= 0.6 is 0 Å². The fraction of sp³-hybridized carbons (Fsp3) is 0.706. The molecule has 0 spiro atoms. The molecule has 0 N–H and O–H groups in total. The summed E-state index contributed by atoms with van der Waals surface area (Å²) in [6.07, 6.45) is 4.46. The average Bonchev–Trinajstić information content (AvgIpc) is 2.62. The van der Waals surface area contributed by atoms with Crippen LogP contribution in [-0.4, -0.2) is 60.2 Å². The molecule has 0 radical (unpaired) electrons. The lowest BCUT2D eigenvalue weighted by atomic mass is 9.86. The van der Waals surface area contributed by atoms with E-state index in [1.165, 1.54) is 0 Å². The van der Waals surface area contributed by atoms with E-state index in [9.17, 15) is 4.79 Å². The lowest BCUT2D eigenvalue weighted by molar-refractivity contribution is -0.135. The molecule has 1 aliphatic carbocycles. The highest BCUT2D eigenvalue weighted by Crippen LogP contribution is 2.26. The molecule has 1 unspecified atom stereocenters. The third kappa shape index (κ3) is 3.47. The van der Waals surface area contributed by atoms with Gasteiger partial charge < -0.3 is 14.5 Å². The number of carbonyl (C=O) groups is 1. The van der Waals surface area contributed by atoms with Crippen LogP contribution in [-0.2, 0) is 22.4 Å². The first-order chi connectivity index (χ1) is 11.2. The van der Waals surface area contributed by atoms with Crippen LogP contribution < -0.4 is 4.90 Å². The van der Waals surface area contributed by atoms with Crippen molar-refractivity contribution in [3.05, 3.63) is 17.5 Å². The van der Waals surface area contributed by atoms with E-state index in [0.29, 0.717) is 0 Å². The zero-order chi connectivity index (χ0) is 16.2. The Kier molecular flexibility index (Phi) is 5.10. The molecule has 1 aromatic heterocycles. The second-order valence-corrected chi connectivity index (χ2v) is 6.19. The third-order valence-electron chi connectivity index (χ3n) is 4.86. The maximum atomic E-state index is 12.5. The number of rotatable bonds is 4. The molecular weight excluding hydrogens is 292 g/mol. The van der Waals surface area contributed by atoms with E-state index in [2.05, 4.69) is 9.88 Å². The van der Waals surface area contributed by atoms with E-state index in [1.807, 2.05) is 24.9 Å². The summed E-state index contributed by atoms with van der Waals surface area (Å²) in [6.45, 7) is 8.81. The minimum Gasteiger partial charge on any atom is -0.378 e. The molecule has 1 amide bonds. The van der Waals surface area contributed by atoms with Crippen molar-refractivity contribution in [2.24, 2.45) is 5.92 Å². The van der Waals surface area contributed by atoms with E-state index in [1.54, 1.807) is 0 Å². The second kappa shape index (κ2) is 7.25. The Morgan fingerprint density at radius 2 is 2.09 bits per heavy atom. The predicted molar refractivity (Wildman–Crippen MR) is 88.5 cm³/mol. The summed E-state index contributed by atoms with van der Waals surface area (Å²) in [6, 6.07) is 0. The molecule has 1 aliphatic heterocycles. The van der Waals surface area contributed by atoms with E-state index in [4.69, 9.17) is 9.72 Å². The number of fused-ring (bicyclic) bond motifs is 1. The predicted octanol–water partition coefficient (Wildman–Crippen LogP) is 1.29. The highest BCUT2D eigenvalue weighted by molar-refractivity contribution is 5.79. The zero-order valence-corrected chi connectivity index (χ0v) is 14.1. The van der Waals surface area contributed by atoms with Gasteiger partial charge in [0.2, 0.25) is 11.9 Å². The van der Waals surface area contributed by atoms with Crippen molar-refractivity contribution >= 4 is 11.9 Å². The molecule has 1 atom stereocenters. The van der Waals surface area contributed by atoms with Crippen molar-refractivity contribution in [2.75, 3.05) is 44.3 Å². The molecule has 3 rings (SSSR count). The van der Waals surface area contributed by atoms with Gasteiger partial charge in [0.1, 0.15) is 0 Å². The molecule has 0 bridgehead atoms. The van der Waals surface area contributed by atoms with Crippen molar-refractivity contribution in [2.45, 2.75) is 33.1 Å². The summed E-state index contributed by atoms with van der Waals surface area (Å²) in [5.41, 5.74) is 2.25. The van der Waals surface area contributed by atoms with Gasteiger partial charge in [-0.1, -0.05) is 0 Å². The lowest BCUT2D eigenvalue weighted by Gasteiger charge is -2.30. The third-order valence-corrected chi connectivity index (χ3v) is 4.86. The smallest absolute Gasteiger partial charge is 0.226 e. The molecule has 6 heteroatoms. The molecule has 6 nitrogen and oxygen atoms in total. The van der Waals surface area contributed by atoms with Crippen molar-refractivity contribution in [1.82, 2.24) is 14.9 Å². The topological polar surface area (TPSA) is 58.6 Å². The monoisotopic (exact) mass is 318 g/mol. The number of hydrogen-bond acceptors (Lipinski definition) is 5. The largest absolute Gasteiger partial charge is 0.378 e. The molecule has 1 saturated heterocycles. The van der Waals surface area contributed by atoms with Crippen LogP contribution in [0.5, 0.6) is 0 Å². The number of anilines is 1. The van der Waals surface area contributed by atoms with Gasteiger partial charge in [-0.3, -0.25) is 4.79 Å². The van der Waals surface area contributed by atoms with E-state index in [-0.39, 0.29) is 11.8 Å². The van der Waals surface area contributed by atoms with Crippen LogP contribution in [0.4, 0.5) is 5.95 Å². The van der Waals surface area contributed by atoms with Gasteiger partial charge in [0.05, 0.1) is 13.2 Å². The number of nitrogens with zero attached hydrogens (tertiary/aromatic N) is 4. The lowest BCUT2D eigenvalue weighted by Crippen LogP contribution is -2.39.